The fraction of sp³-hybridized carbons (Fsp3) is 0.0625. The number of halogens is 2. The molecular weight excluding hydrogens is 444 g/mol. The molecule has 0 atom stereocenters. The first-order valence-corrected chi connectivity index (χ1v) is 8.92. The second kappa shape index (κ2) is 6.35. The van der Waals surface area contributed by atoms with E-state index in [1.165, 1.54) is 25.8 Å². The first kappa shape index (κ1) is 16.1. The van der Waals surface area contributed by atoms with Crippen molar-refractivity contribution in [3.63, 3.8) is 0 Å². The van der Waals surface area contributed by atoms with Crippen LogP contribution in [-0.4, -0.2) is 12.8 Å². The van der Waals surface area contributed by atoms with Crippen molar-refractivity contribution in [2.24, 2.45) is 10.7 Å². The Balaban J connectivity index is 0.00000144. The summed E-state index contributed by atoms with van der Waals surface area (Å²) in [6.45, 7) is 0.551. The van der Waals surface area contributed by atoms with Gasteiger partial charge < -0.3 is 5.73 Å². The Hall–Kier alpha value is -0.820. The molecule has 112 valence electrons. The van der Waals surface area contributed by atoms with Gasteiger partial charge in [0.2, 0.25) is 0 Å². The van der Waals surface area contributed by atoms with Crippen molar-refractivity contribution in [3.8, 4) is 0 Å². The number of fused-ring (bicyclic) bond motifs is 5. The van der Waals surface area contributed by atoms with Crippen molar-refractivity contribution < 1.29 is 0 Å². The quantitative estimate of drug-likeness (QED) is 0.578. The average Bonchev–Trinajstić information content (AvgIpc) is 2.66. The van der Waals surface area contributed by atoms with Crippen LogP contribution < -0.4 is 5.73 Å². The van der Waals surface area contributed by atoms with Crippen molar-refractivity contribution in [3.05, 3.63) is 57.0 Å². The normalized spacial score (nSPS) is 15.8. The highest BCUT2D eigenvalue weighted by Crippen LogP contribution is 2.51. The van der Waals surface area contributed by atoms with Crippen LogP contribution in [0.2, 0.25) is 0 Å². The van der Waals surface area contributed by atoms with Crippen LogP contribution in [0.25, 0.3) is 11.1 Å². The minimum absolute atomic E-state index is 0. The lowest BCUT2D eigenvalue weighted by Crippen LogP contribution is -2.05. The van der Waals surface area contributed by atoms with Gasteiger partial charge in [0.05, 0.1) is 14.5 Å². The Morgan fingerprint density at radius 1 is 1.18 bits per heavy atom. The van der Waals surface area contributed by atoms with Gasteiger partial charge in [-0.3, -0.25) is 4.99 Å². The summed E-state index contributed by atoms with van der Waals surface area (Å²) in [5.41, 5.74) is 11.9. The number of aliphatic imine (C=N–C) groups is 1. The van der Waals surface area contributed by atoms with Crippen LogP contribution in [0.1, 0.15) is 11.1 Å². The zero-order valence-corrected chi connectivity index (χ0v) is 16.3. The molecule has 2 nitrogen and oxygen atoms in total. The molecule has 0 spiro atoms. The Morgan fingerprint density at radius 3 is 2.86 bits per heavy atom. The molecule has 0 saturated heterocycles. The lowest BCUT2D eigenvalue weighted by molar-refractivity contribution is 1.12. The smallest absolute Gasteiger partial charge is 0.0790 e. The summed E-state index contributed by atoms with van der Waals surface area (Å²) in [6.07, 6.45) is 3.94. The van der Waals surface area contributed by atoms with Gasteiger partial charge in [-0.25, -0.2) is 0 Å². The predicted molar refractivity (Wildman–Crippen MR) is 105 cm³/mol. The van der Waals surface area contributed by atoms with Crippen LogP contribution in [-0.2, 0) is 0 Å². The molecule has 4 rings (SSSR count). The minimum Gasteiger partial charge on any atom is -0.400 e. The van der Waals surface area contributed by atoms with Crippen LogP contribution in [0.3, 0.4) is 0 Å². The molecule has 2 N–H and O–H groups in total. The van der Waals surface area contributed by atoms with E-state index in [4.69, 9.17) is 5.73 Å². The summed E-state index contributed by atoms with van der Waals surface area (Å²) in [5, 5.41) is 0. The number of rotatable bonds is 0. The maximum atomic E-state index is 6.35. The van der Waals surface area contributed by atoms with Gasteiger partial charge in [-0.15, -0.1) is 28.3 Å². The van der Waals surface area contributed by atoms with Crippen molar-refractivity contribution in [1.82, 2.24) is 0 Å². The fourth-order valence-corrected chi connectivity index (χ4v) is 5.90. The number of hydrogen-bond acceptors (Lipinski definition) is 4. The van der Waals surface area contributed by atoms with E-state index in [0.29, 0.717) is 6.54 Å². The zero-order valence-electron chi connectivity index (χ0n) is 11.4. The summed E-state index contributed by atoms with van der Waals surface area (Å²) >= 11 is 7.17. The van der Waals surface area contributed by atoms with Crippen molar-refractivity contribution in [2.75, 3.05) is 6.54 Å². The molecule has 2 aromatic rings. The van der Waals surface area contributed by atoms with Gasteiger partial charge in [-0.2, -0.15) is 0 Å². The SMILES string of the molecule is Br.NC1=C2C(=CC=NC1)c1ccccc1Sc1sc(Br)cc12. The van der Waals surface area contributed by atoms with Crippen molar-refractivity contribution in [2.45, 2.75) is 9.10 Å². The first-order valence-electron chi connectivity index (χ1n) is 6.50. The van der Waals surface area contributed by atoms with Crippen LogP contribution in [0.4, 0.5) is 0 Å². The second-order valence-electron chi connectivity index (χ2n) is 4.82. The molecule has 6 heteroatoms. The molecule has 0 saturated carbocycles. The third-order valence-electron chi connectivity index (χ3n) is 3.52. The summed E-state index contributed by atoms with van der Waals surface area (Å²) < 4.78 is 2.40. The van der Waals surface area contributed by atoms with E-state index in [-0.39, 0.29) is 17.0 Å². The second-order valence-corrected chi connectivity index (χ2v) is 8.56. The fourth-order valence-electron chi connectivity index (χ4n) is 2.63. The van der Waals surface area contributed by atoms with Gasteiger partial charge in [-0.1, -0.05) is 30.0 Å². The molecular formula is C16H12Br2N2S2. The van der Waals surface area contributed by atoms with Crippen molar-refractivity contribution >= 4 is 73.4 Å². The van der Waals surface area contributed by atoms with E-state index < -0.39 is 0 Å². The third-order valence-corrected chi connectivity index (χ3v) is 6.43. The minimum atomic E-state index is 0. The van der Waals surface area contributed by atoms with Crippen LogP contribution >= 0.6 is 56.0 Å². The maximum absolute atomic E-state index is 6.35. The van der Waals surface area contributed by atoms with Crippen molar-refractivity contribution in [1.29, 1.82) is 0 Å². The van der Waals surface area contributed by atoms with Gasteiger partial charge >= 0.3 is 0 Å². The van der Waals surface area contributed by atoms with Gasteiger partial charge in [0.25, 0.3) is 0 Å². The van der Waals surface area contributed by atoms with Gasteiger partial charge in [0.1, 0.15) is 0 Å². The molecule has 0 fully saturated rings. The number of allylic oxidation sites excluding steroid dienone is 3. The monoisotopic (exact) mass is 454 g/mol. The van der Waals surface area contributed by atoms with E-state index in [1.54, 1.807) is 11.3 Å². The van der Waals surface area contributed by atoms with E-state index in [9.17, 15) is 0 Å². The Bertz CT molecular complexity index is 834. The molecule has 0 unspecified atom stereocenters. The summed E-state index contributed by atoms with van der Waals surface area (Å²) in [6, 6.07) is 10.6. The van der Waals surface area contributed by atoms with Gasteiger partial charge in [0.15, 0.2) is 0 Å². The molecule has 3 heterocycles. The molecule has 2 aliphatic rings. The highest BCUT2D eigenvalue weighted by molar-refractivity contribution is 9.11. The number of thiophene rings is 1. The molecule has 2 aliphatic heterocycles. The standard InChI is InChI=1S/C16H11BrN2S2.BrH/c17-14-7-11-15-10(5-6-19-8-12(15)18)9-3-1-2-4-13(9)20-16(11)21-14;/h1-7H,8,18H2;1H. The van der Waals surface area contributed by atoms with E-state index in [1.807, 2.05) is 18.0 Å². The molecule has 0 aliphatic carbocycles. The average molecular weight is 456 g/mol. The highest BCUT2D eigenvalue weighted by atomic mass is 79.9. The number of benzene rings is 1. The van der Waals surface area contributed by atoms with E-state index in [2.05, 4.69) is 57.3 Å². The lowest BCUT2D eigenvalue weighted by atomic mass is 9.92. The molecule has 1 aromatic carbocycles. The molecule has 0 amide bonds. The summed E-state index contributed by atoms with van der Waals surface area (Å²) in [5.74, 6) is 0. The Morgan fingerprint density at radius 2 is 2.00 bits per heavy atom. The van der Waals surface area contributed by atoms with E-state index in [0.717, 1.165) is 15.1 Å². The lowest BCUT2D eigenvalue weighted by Gasteiger charge is -2.12. The first-order chi connectivity index (χ1) is 10.2. The number of nitrogens with two attached hydrogens (primary N) is 1. The van der Waals surface area contributed by atoms with E-state index >= 15 is 0 Å². The number of nitrogens with zero attached hydrogens (tertiary/aromatic N) is 1. The predicted octanol–water partition coefficient (Wildman–Crippen LogP) is 5.39. The molecule has 1 aromatic heterocycles. The zero-order chi connectivity index (χ0) is 14.4. The third kappa shape index (κ3) is 2.62. The van der Waals surface area contributed by atoms with Crippen LogP contribution in [0.5, 0.6) is 0 Å². The highest BCUT2D eigenvalue weighted by Gasteiger charge is 2.26. The molecule has 22 heavy (non-hydrogen) atoms. The Kier molecular flexibility index (Phi) is 4.64. The largest absolute Gasteiger partial charge is 0.400 e. The molecule has 0 radical (unpaired) electrons. The Labute approximate surface area is 156 Å². The van der Waals surface area contributed by atoms with Crippen LogP contribution in [0.15, 0.2) is 60.0 Å². The maximum Gasteiger partial charge on any atom is 0.0790 e. The van der Waals surface area contributed by atoms with Gasteiger partial charge in [-0.05, 0) is 45.3 Å². The summed E-state index contributed by atoms with van der Waals surface area (Å²) in [4.78, 5) is 5.62. The van der Waals surface area contributed by atoms with Gasteiger partial charge in [0, 0.05) is 27.9 Å². The topological polar surface area (TPSA) is 38.4 Å². The number of hydrogen-bond donors (Lipinski definition) is 1. The van der Waals surface area contributed by atoms with Crippen LogP contribution in [0, 0.1) is 0 Å². The molecule has 0 bridgehead atoms. The summed E-state index contributed by atoms with van der Waals surface area (Å²) in [7, 11) is 0.